The molecule has 0 aliphatic carbocycles. The maximum Gasteiger partial charge on any atom is 0.180 e. The van der Waals surface area contributed by atoms with Crippen molar-refractivity contribution in [3.63, 3.8) is 0 Å². The zero-order valence-electron chi connectivity index (χ0n) is 49.0. The van der Waals surface area contributed by atoms with E-state index in [4.69, 9.17) is 31.8 Å². The molecule has 10 rings (SSSR count). The van der Waals surface area contributed by atoms with E-state index in [-0.39, 0.29) is 64.6 Å². The molecule has 50 heavy (non-hydrogen) atoms. The van der Waals surface area contributed by atoms with Gasteiger partial charge in [-0.3, -0.25) is 0 Å². The molecule has 0 unspecified atom stereocenters. The van der Waals surface area contributed by atoms with Crippen molar-refractivity contribution in [1.82, 2.24) is 9.97 Å². The van der Waals surface area contributed by atoms with Crippen molar-refractivity contribution < 1.29 is 37.3 Å². The molecule has 0 N–H and O–H groups in total. The Hall–Kier alpha value is -6.36. The fraction of sp³-hybridized carbons (Fsp3) is 0. The van der Waals surface area contributed by atoms with E-state index in [9.17, 15) is 5.48 Å². The number of aromatic nitrogens is 2. The van der Waals surface area contributed by atoms with Gasteiger partial charge in [-0.25, -0.2) is 9.97 Å². The van der Waals surface area contributed by atoms with E-state index in [0.29, 0.717) is 0 Å². The van der Waals surface area contributed by atoms with Gasteiger partial charge in [0.1, 0.15) is 23.1 Å². The van der Waals surface area contributed by atoms with Gasteiger partial charge in [0, 0.05) is 31.1 Å². The van der Waals surface area contributed by atoms with Gasteiger partial charge < -0.3 is 4.42 Å². The van der Waals surface area contributed by atoms with E-state index >= 15 is 0 Å². The minimum Gasteiger partial charge on any atom is -0.452 e. The molecule has 4 heteroatoms. The number of hydrogen-bond donors (Lipinski definition) is 0. The Balaban J connectivity index is 1.25. The Labute approximate surface area is 326 Å². The first-order valence-corrected chi connectivity index (χ1v) is 15.6. The Kier molecular flexibility index (Phi) is 3.15. The van der Waals surface area contributed by atoms with Gasteiger partial charge in [0.15, 0.2) is 5.58 Å². The second kappa shape index (κ2) is 11.7. The van der Waals surface area contributed by atoms with Crippen LogP contribution in [0.3, 0.4) is 0 Å². The van der Waals surface area contributed by atoms with E-state index in [1.165, 1.54) is 18.2 Å². The lowest BCUT2D eigenvalue weighted by atomic mass is 9.93. The fourth-order valence-electron chi connectivity index (χ4n) is 5.61. The largest absolute Gasteiger partial charge is 0.452 e. The summed E-state index contributed by atoms with van der Waals surface area (Å²) in [6, 6.07) is -13.3. The quantitative estimate of drug-likeness (QED) is 0.182. The van der Waals surface area contributed by atoms with Gasteiger partial charge in [0.2, 0.25) is 0 Å². The van der Waals surface area contributed by atoms with Gasteiger partial charge in [-0.15, -0.1) is 11.3 Å². The lowest BCUT2D eigenvalue weighted by Gasteiger charge is -2.11. The third-order valence-corrected chi connectivity index (χ3v) is 8.96. The number of thiophene rings is 1. The van der Waals surface area contributed by atoms with Gasteiger partial charge in [0.05, 0.1) is 32.9 Å². The zero-order chi connectivity index (χ0) is 53.9. The van der Waals surface area contributed by atoms with E-state index in [2.05, 4.69) is 9.97 Å². The SMILES string of the molecule is [2H]c1c([2H])c([2H])c(-c2c([2H])c(-c3ccc4oc5c(-c6c([2H])c([2H])c([2H])c(-c7c([2H])c([2H])c([2H])c8c7sc7c([2H])c([2H])c([2H])c([2H])c78)c6[2H])ncnc5c4c3)c([2H])c(-c3c([2H])c([2H])c([2H])c([2H])c3[2H])c2[2H])c([2H])c1[2H]. The summed E-state index contributed by atoms with van der Waals surface area (Å²) >= 11 is 0.750. The van der Waals surface area contributed by atoms with Crippen molar-refractivity contribution in [2.45, 2.75) is 0 Å². The average Bonchev–Trinajstić information content (AvgIpc) is 3.96. The molecular formula is C46H28N2OS. The van der Waals surface area contributed by atoms with Crippen LogP contribution >= 0.6 is 11.3 Å². The predicted octanol–water partition coefficient (Wildman–Crippen LogP) is 13.1. The molecule has 3 aromatic heterocycles. The molecule has 0 bridgehead atoms. The molecule has 234 valence electrons. The summed E-state index contributed by atoms with van der Waals surface area (Å²) in [6.07, 6.45) is 1.03. The van der Waals surface area contributed by atoms with E-state index in [1.54, 1.807) is 0 Å². The average molecular weight is 681 g/mol. The number of rotatable bonds is 5. The van der Waals surface area contributed by atoms with Gasteiger partial charge in [0.25, 0.3) is 0 Å². The summed E-state index contributed by atoms with van der Waals surface area (Å²) in [5, 5.41) is -0.134. The Bertz CT molecular complexity index is 4110. The monoisotopic (exact) mass is 680 g/mol. The summed E-state index contributed by atoms with van der Waals surface area (Å²) in [5.74, 6) is 0. The molecule has 0 aliphatic rings. The van der Waals surface area contributed by atoms with Crippen LogP contribution in [-0.4, -0.2) is 9.97 Å². The van der Waals surface area contributed by atoms with Crippen LogP contribution in [0.25, 0.3) is 98.0 Å². The fourth-order valence-corrected chi connectivity index (χ4v) is 6.69. The van der Waals surface area contributed by atoms with E-state index in [0.717, 1.165) is 17.7 Å². The van der Waals surface area contributed by atoms with Crippen molar-refractivity contribution >= 4 is 53.6 Å². The topological polar surface area (TPSA) is 38.9 Å². The van der Waals surface area contributed by atoms with Crippen LogP contribution in [0.1, 0.15) is 32.9 Å². The number of nitrogens with zero attached hydrogens (tertiary/aromatic N) is 2. The van der Waals surface area contributed by atoms with Crippen molar-refractivity contribution in [3.05, 3.63) is 170 Å². The highest BCUT2D eigenvalue weighted by Gasteiger charge is 2.18. The normalized spacial score (nSPS) is 18.3. The summed E-state index contributed by atoms with van der Waals surface area (Å²) in [5.41, 5.74) is -4.56. The van der Waals surface area contributed by atoms with Crippen LogP contribution in [0.15, 0.2) is 174 Å². The van der Waals surface area contributed by atoms with E-state index < -0.39 is 178 Å². The molecular weight excluding hydrogens is 629 g/mol. The summed E-state index contributed by atoms with van der Waals surface area (Å²) in [6.45, 7) is 0. The van der Waals surface area contributed by atoms with E-state index in [1.807, 2.05) is 0 Å². The molecule has 10 aromatic rings. The molecule has 3 nitrogen and oxygen atoms in total. The molecule has 0 amide bonds. The van der Waals surface area contributed by atoms with Crippen molar-refractivity contribution in [2.75, 3.05) is 0 Å². The zero-order valence-corrected chi connectivity index (χ0v) is 25.8. The number of fused-ring (bicyclic) bond motifs is 6. The van der Waals surface area contributed by atoms with Crippen molar-refractivity contribution in [1.29, 1.82) is 0 Å². The van der Waals surface area contributed by atoms with Crippen molar-refractivity contribution in [3.8, 4) is 55.8 Å². The molecule has 0 atom stereocenters. The second-order valence-electron chi connectivity index (χ2n) is 10.7. The Morgan fingerprint density at radius 1 is 0.500 bits per heavy atom. The highest BCUT2D eigenvalue weighted by atomic mass is 32.1. The Morgan fingerprint density at radius 2 is 1.12 bits per heavy atom. The lowest BCUT2D eigenvalue weighted by Crippen LogP contribution is -1.88. The summed E-state index contributed by atoms with van der Waals surface area (Å²) < 4.78 is 217. The highest BCUT2D eigenvalue weighted by Crippen LogP contribution is 2.42. The van der Waals surface area contributed by atoms with Crippen LogP contribution < -0.4 is 0 Å². The highest BCUT2D eigenvalue weighted by molar-refractivity contribution is 7.26. The van der Waals surface area contributed by atoms with Gasteiger partial charge in [-0.05, 0) is 86.9 Å². The lowest BCUT2D eigenvalue weighted by molar-refractivity contribution is 0.667. The molecule has 0 fully saturated rings. The standard InChI is InChI=1S/C46H28N2OS/c1-3-11-29(12-4-1)34-24-35(30-13-5-2-6-14-30)26-36(25-34)31-21-22-41-40(27-31)44-45(49-41)43(47-28-48-44)33-16-9-15-32(23-33)37-18-10-19-39-38-17-7-8-20-42(38)50-46(37)39/h1-28H/i1D,2D,3D,4D,5D,6D,7D,8D,9D,10D,11D,12D,13D,14D,15D,16D,17D,18D,19D,20D,23D,24D,25D,26D. The molecule has 7 aromatic carbocycles. The van der Waals surface area contributed by atoms with Gasteiger partial charge in [-0.1, -0.05) is 121 Å². The second-order valence-corrected chi connectivity index (χ2v) is 11.7. The third-order valence-electron chi connectivity index (χ3n) is 7.84. The molecule has 0 saturated carbocycles. The Morgan fingerprint density at radius 3 is 1.90 bits per heavy atom. The van der Waals surface area contributed by atoms with Crippen LogP contribution in [0.2, 0.25) is 0 Å². The summed E-state index contributed by atoms with van der Waals surface area (Å²) in [4.78, 5) is 8.74. The maximum atomic E-state index is 9.60. The van der Waals surface area contributed by atoms with Crippen LogP contribution in [0.5, 0.6) is 0 Å². The molecule has 0 radical (unpaired) electrons. The van der Waals surface area contributed by atoms with Crippen LogP contribution in [-0.2, 0) is 0 Å². The number of benzene rings is 7. The molecule has 0 aliphatic heterocycles. The maximum absolute atomic E-state index is 9.60. The van der Waals surface area contributed by atoms with Gasteiger partial charge in [-0.2, -0.15) is 0 Å². The first-order chi connectivity index (χ1) is 34.8. The first-order valence-electron chi connectivity index (χ1n) is 26.8. The molecule has 0 spiro atoms. The third kappa shape index (κ3) is 4.80. The minimum absolute atomic E-state index is 0.0206. The smallest absolute Gasteiger partial charge is 0.180 e. The van der Waals surface area contributed by atoms with Crippen molar-refractivity contribution in [2.24, 2.45) is 0 Å². The summed E-state index contributed by atoms with van der Waals surface area (Å²) in [7, 11) is 0. The van der Waals surface area contributed by atoms with Crippen LogP contribution in [0.4, 0.5) is 0 Å². The molecule has 0 saturated heterocycles. The van der Waals surface area contributed by atoms with Gasteiger partial charge >= 0.3 is 0 Å². The predicted molar refractivity (Wildman–Crippen MR) is 209 cm³/mol. The number of hydrogen-bond acceptors (Lipinski definition) is 4. The minimum atomic E-state index is -0.844. The number of furan rings is 1. The van der Waals surface area contributed by atoms with Crippen LogP contribution in [0, 0.1) is 0 Å². The first kappa shape index (κ1) is 13.5. The molecule has 3 heterocycles.